The van der Waals surface area contributed by atoms with Crippen LogP contribution in [0.2, 0.25) is 0 Å². The fraction of sp³-hybridized carbons (Fsp3) is 0. The second-order valence-corrected chi connectivity index (χ2v) is 5.73. The van der Waals surface area contributed by atoms with E-state index in [1.807, 2.05) is 0 Å². The molecule has 0 radical (unpaired) electrons. The third-order valence-electron chi connectivity index (χ3n) is 1.92. The fourth-order valence-electron chi connectivity index (χ4n) is 1.14. The molecule has 0 saturated carbocycles. The van der Waals surface area contributed by atoms with E-state index in [1.54, 1.807) is 18.2 Å². The van der Waals surface area contributed by atoms with Crippen molar-refractivity contribution in [2.45, 2.75) is 4.90 Å². The lowest BCUT2D eigenvalue weighted by molar-refractivity contribution is 0.601. The van der Waals surface area contributed by atoms with Crippen LogP contribution in [0.5, 0.6) is 0 Å². The molecule has 0 saturated heterocycles. The van der Waals surface area contributed by atoms with Crippen LogP contribution in [0.25, 0.3) is 0 Å². The number of hydrogen-bond acceptors (Lipinski definition) is 4. The van der Waals surface area contributed by atoms with Gasteiger partial charge < -0.3 is 0 Å². The maximum absolute atomic E-state index is 11.9. The highest BCUT2D eigenvalue weighted by Gasteiger charge is 2.14. The van der Waals surface area contributed by atoms with Gasteiger partial charge in [0.05, 0.1) is 4.90 Å². The smallest absolute Gasteiger partial charge is 0.247 e. The van der Waals surface area contributed by atoms with Crippen molar-refractivity contribution in [3.05, 3.63) is 47.2 Å². The molecule has 0 aliphatic heterocycles. The van der Waals surface area contributed by atoms with Gasteiger partial charge in [0.2, 0.25) is 5.95 Å². The summed E-state index contributed by atoms with van der Waals surface area (Å²) >= 11 is 3.24. The third-order valence-corrected chi connectivity index (χ3v) is 3.79. The SMILES string of the molecule is O=S(=O)(Nc1ncccn1)c1ccc(Br)cc1. The summed E-state index contributed by atoms with van der Waals surface area (Å²) in [6.07, 6.45) is 2.93. The first-order valence-electron chi connectivity index (χ1n) is 4.63. The molecular formula is C10H8BrN3O2S. The van der Waals surface area contributed by atoms with E-state index in [0.29, 0.717) is 0 Å². The van der Waals surface area contributed by atoms with E-state index in [0.717, 1.165) is 4.47 Å². The van der Waals surface area contributed by atoms with E-state index < -0.39 is 10.0 Å². The predicted molar refractivity (Wildman–Crippen MR) is 67.0 cm³/mol. The fourth-order valence-corrected chi connectivity index (χ4v) is 2.37. The summed E-state index contributed by atoms with van der Waals surface area (Å²) in [5.74, 6) is 0.0513. The second-order valence-electron chi connectivity index (χ2n) is 3.13. The Labute approximate surface area is 107 Å². The van der Waals surface area contributed by atoms with Crippen LogP contribution in [0.4, 0.5) is 5.95 Å². The highest BCUT2D eigenvalue weighted by Crippen LogP contribution is 2.16. The van der Waals surface area contributed by atoms with Crippen LogP contribution in [0.3, 0.4) is 0 Å². The summed E-state index contributed by atoms with van der Waals surface area (Å²) in [4.78, 5) is 7.75. The van der Waals surface area contributed by atoms with Gasteiger partial charge >= 0.3 is 0 Å². The molecule has 5 nitrogen and oxygen atoms in total. The summed E-state index contributed by atoms with van der Waals surface area (Å²) in [6, 6.07) is 7.91. The lowest BCUT2D eigenvalue weighted by Crippen LogP contribution is -2.14. The molecule has 0 spiro atoms. The topological polar surface area (TPSA) is 72.0 Å². The first kappa shape index (κ1) is 12.0. The van der Waals surface area contributed by atoms with Crippen molar-refractivity contribution in [2.24, 2.45) is 0 Å². The number of halogens is 1. The molecule has 1 N–H and O–H groups in total. The molecule has 2 rings (SSSR count). The molecule has 88 valence electrons. The van der Waals surface area contributed by atoms with Gasteiger partial charge in [0.1, 0.15) is 0 Å². The van der Waals surface area contributed by atoms with Crippen molar-refractivity contribution >= 4 is 31.9 Å². The molecule has 0 bridgehead atoms. The Morgan fingerprint density at radius 1 is 1.06 bits per heavy atom. The standard InChI is InChI=1S/C10H8BrN3O2S/c11-8-2-4-9(5-3-8)17(15,16)14-10-12-6-1-7-13-10/h1-7H,(H,12,13,14). The van der Waals surface area contributed by atoms with Gasteiger partial charge in [0.25, 0.3) is 10.0 Å². The van der Waals surface area contributed by atoms with Crippen LogP contribution in [0.1, 0.15) is 0 Å². The van der Waals surface area contributed by atoms with E-state index in [4.69, 9.17) is 0 Å². The van der Waals surface area contributed by atoms with Crippen LogP contribution in [0.15, 0.2) is 52.1 Å². The zero-order chi connectivity index (χ0) is 12.3. The number of benzene rings is 1. The van der Waals surface area contributed by atoms with Crippen LogP contribution < -0.4 is 4.72 Å². The van der Waals surface area contributed by atoms with Crippen LogP contribution in [-0.2, 0) is 10.0 Å². The van der Waals surface area contributed by atoms with Gasteiger partial charge in [-0.15, -0.1) is 0 Å². The molecule has 1 aromatic carbocycles. The zero-order valence-corrected chi connectivity index (χ0v) is 10.9. The van der Waals surface area contributed by atoms with Crippen molar-refractivity contribution in [2.75, 3.05) is 4.72 Å². The summed E-state index contributed by atoms with van der Waals surface area (Å²) in [5, 5.41) is 0. The quantitative estimate of drug-likeness (QED) is 0.941. The number of nitrogens with zero attached hydrogens (tertiary/aromatic N) is 2. The monoisotopic (exact) mass is 313 g/mol. The summed E-state index contributed by atoms with van der Waals surface area (Å²) in [6.45, 7) is 0. The predicted octanol–water partition coefficient (Wildman–Crippen LogP) is 2.04. The van der Waals surface area contributed by atoms with Gasteiger partial charge in [-0.3, -0.25) is 0 Å². The minimum absolute atomic E-state index is 0.0513. The summed E-state index contributed by atoms with van der Waals surface area (Å²) in [7, 11) is -3.63. The molecule has 0 aliphatic carbocycles. The van der Waals surface area contributed by atoms with E-state index in [1.165, 1.54) is 24.5 Å². The van der Waals surface area contributed by atoms with Crippen molar-refractivity contribution in [3.63, 3.8) is 0 Å². The number of anilines is 1. The van der Waals surface area contributed by atoms with E-state index >= 15 is 0 Å². The van der Waals surface area contributed by atoms with Crippen molar-refractivity contribution in [3.8, 4) is 0 Å². The molecule has 0 aliphatic rings. The summed E-state index contributed by atoms with van der Waals surface area (Å²) in [5.41, 5.74) is 0. The third kappa shape index (κ3) is 3.01. The van der Waals surface area contributed by atoms with Crippen molar-refractivity contribution in [1.29, 1.82) is 0 Å². The molecule has 0 atom stereocenters. The van der Waals surface area contributed by atoms with Crippen LogP contribution in [0, 0.1) is 0 Å². The van der Waals surface area contributed by atoms with E-state index in [-0.39, 0.29) is 10.8 Å². The first-order valence-corrected chi connectivity index (χ1v) is 6.91. The number of rotatable bonds is 3. The lowest BCUT2D eigenvalue weighted by atomic mass is 10.4. The Bertz CT molecular complexity index is 599. The lowest BCUT2D eigenvalue weighted by Gasteiger charge is -2.05. The summed E-state index contributed by atoms with van der Waals surface area (Å²) < 4.78 is 26.9. The maximum Gasteiger partial charge on any atom is 0.264 e. The molecule has 0 amide bonds. The Kier molecular flexibility index (Phi) is 3.39. The van der Waals surface area contributed by atoms with E-state index in [9.17, 15) is 8.42 Å². The largest absolute Gasteiger partial charge is 0.264 e. The molecule has 0 fully saturated rings. The Balaban J connectivity index is 2.29. The minimum Gasteiger partial charge on any atom is -0.247 e. The number of aromatic nitrogens is 2. The molecular weight excluding hydrogens is 306 g/mol. The Morgan fingerprint density at radius 2 is 1.65 bits per heavy atom. The molecule has 1 aromatic heterocycles. The molecule has 0 unspecified atom stereocenters. The van der Waals surface area contributed by atoms with Crippen LogP contribution >= 0.6 is 15.9 Å². The first-order chi connectivity index (χ1) is 8.08. The zero-order valence-electron chi connectivity index (χ0n) is 8.54. The molecule has 17 heavy (non-hydrogen) atoms. The average Bonchev–Trinajstić information content (AvgIpc) is 2.30. The minimum atomic E-state index is -3.63. The van der Waals surface area contributed by atoms with Crippen molar-refractivity contribution in [1.82, 2.24) is 9.97 Å². The van der Waals surface area contributed by atoms with Gasteiger partial charge in [-0.1, -0.05) is 15.9 Å². The highest BCUT2D eigenvalue weighted by molar-refractivity contribution is 9.10. The van der Waals surface area contributed by atoms with Gasteiger partial charge in [-0.25, -0.2) is 23.1 Å². The Morgan fingerprint density at radius 3 is 2.24 bits per heavy atom. The normalized spacial score (nSPS) is 11.1. The van der Waals surface area contributed by atoms with Gasteiger partial charge in [0.15, 0.2) is 0 Å². The highest BCUT2D eigenvalue weighted by atomic mass is 79.9. The van der Waals surface area contributed by atoms with Gasteiger partial charge in [-0.05, 0) is 30.3 Å². The average molecular weight is 314 g/mol. The molecule has 7 heteroatoms. The van der Waals surface area contributed by atoms with Gasteiger partial charge in [-0.2, -0.15) is 0 Å². The molecule has 1 heterocycles. The molecule has 2 aromatic rings. The van der Waals surface area contributed by atoms with E-state index in [2.05, 4.69) is 30.6 Å². The van der Waals surface area contributed by atoms with Crippen molar-refractivity contribution < 1.29 is 8.42 Å². The number of sulfonamides is 1. The Hall–Kier alpha value is -1.47. The number of hydrogen-bond donors (Lipinski definition) is 1. The maximum atomic E-state index is 11.9. The van der Waals surface area contributed by atoms with Crippen LogP contribution in [-0.4, -0.2) is 18.4 Å². The van der Waals surface area contributed by atoms with Gasteiger partial charge in [0, 0.05) is 16.9 Å². The number of nitrogens with one attached hydrogen (secondary N) is 1. The second kappa shape index (κ2) is 4.80.